The van der Waals surface area contributed by atoms with Crippen molar-refractivity contribution in [3.63, 3.8) is 0 Å². The maximum Gasteiger partial charge on any atom is 0.324 e. The monoisotopic (exact) mass is 227 g/mol. The van der Waals surface area contributed by atoms with E-state index in [0.717, 1.165) is 0 Å². The van der Waals surface area contributed by atoms with Crippen molar-refractivity contribution in [1.29, 1.82) is 0 Å². The molecule has 0 atom stereocenters. The lowest BCUT2D eigenvalue weighted by atomic mass is 10.4. The van der Waals surface area contributed by atoms with Crippen molar-refractivity contribution in [1.82, 2.24) is 15.1 Å². The number of aliphatic hydroxyl groups excluding tert-OH is 1. The number of imide groups is 1. The Kier molecular flexibility index (Phi) is 4.94. The van der Waals surface area contributed by atoms with Gasteiger partial charge >= 0.3 is 6.03 Å². The summed E-state index contributed by atoms with van der Waals surface area (Å²) in [6.45, 7) is 5.77. The van der Waals surface area contributed by atoms with E-state index in [1.165, 1.54) is 4.90 Å². The van der Waals surface area contributed by atoms with E-state index in [2.05, 4.69) is 11.9 Å². The fourth-order valence-corrected chi connectivity index (χ4v) is 1.54. The van der Waals surface area contributed by atoms with Crippen LogP contribution in [0.4, 0.5) is 4.79 Å². The van der Waals surface area contributed by atoms with E-state index in [0.29, 0.717) is 26.2 Å². The highest BCUT2D eigenvalue weighted by atomic mass is 16.3. The van der Waals surface area contributed by atoms with Crippen LogP contribution < -0.4 is 5.32 Å². The number of rotatable bonds is 7. The van der Waals surface area contributed by atoms with Crippen LogP contribution in [0.15, 0.2) is 12.7 Å². The van der Waals surface area contributed by atoms with Gasteiger partial charge in [-0.2, -0.15) is 0 Å². The van der Waals surface area contributed by atoms with Crippen LogP contribution >= 0.6 is 0 Å². The molecular formula is C10H17N3O3. The summed E-state index contributed by atoms with van der Waals surface area (Å²) in [7, 11) is 0. The molecule has 0 aromatic carbocycles. The van der Waals surface area contributed by atoms with Gasteiger partial charge in [-0.25, -0.2) is 4.79 Å². The zero-order valence-corrected chi connectivity index (χ0v) is 9.19. The summed E-state index contributed by atoms with van der Waals surface area (Å²) < 4.78 is 0. The van der Waals surface area contributed by atoms with Gasteiger partial charge in [0.1, 0.15) is 0 Å². The van der Waals surface area contributed by atoms with Crippen molar-refractivity contribution in [3.05, 3.63) is 12.7 Å². The van der Waals surface area contributed by atoms with Crippen LogP contribution in [0.5, 0.6) is 0 Å². The van der Waals surface area contributed by atoms with Gasteiger partial charge < -0.3 is 10.4 Å². The topological polar surface area (TPSA) is 72.9 Å². The van der Waals surface area contributed by atoms with Crippen LogP contribution in [0, 0.1) is 0 Å². The minimum atomic E-state index is -0.340. The molecule has 6 nitrogen and oxygen atoms in total. The quantitative estimate of drug-likeness (QED) is 0.433. The van der Waals surface area contributed by atoms with Gasteiger partial charge in [-0.15, -0.1) is 6.58 Å². The van der Waals surface area contributed by atoms with Crippen molar-refractivity contribution in [2.75, 3.05) is 39.3 Å². The SMILES string of the molecule is C=CCN(CCO)CCN1C(=O)CNC1=O. The molecule has 1 fully saturated rings. The minimum Gasteiger partial charge on any atom is -0.395 e. The van der Waals surface area contributed by atoms with Gasteiger partial charge in [0.05, 0.1) is 13.2 Å². The lowest BCUT2D eigenvalue weighted by Crippen LogP contribution is -2.39. The number of aliphatic hydroxyl groups is 1. The standard InChI is InChI=1S/C10H17N3O3/c1-2-3-12(6-7-14)4-5-13-9(15)8-11-10(13)16/h2,14H,1,3-8H2,(H,11,16). The molecule has 1 rings (SSSR count). The largest absolute Gasteiger partial charge is 0.395 e. The van der Waals surface area contributed by atoms with Crippen LogP contribution in [0.3, 0.4) is 0 Å². The predicted molar refractivity (Wildman–Crippen MR) is 58.8 cm³/mol. The molecule has 1 saturated heterocycles. The number of amides is 3. The zero-order chi connectivity index (χ0) is 12.0. The minimum absolute atomic E-state index is 0.0496. The van der Waals surface area contributed by atoms with Gasteiger partial charge in [0, 0.05) is 26.2 Å². The number of nitrogens with one attached hydrogen (secondary N) is 1. The molecule has 6 heteroatoms. The Morgan fingerprint density at radius 3 is 2.75 bits per heavy atom. The van der Waals surface area contributed by atoms with E-state index in [1.54, 1.807) is 6.08 Å². The number of carbonyl (C=O) groups is 2. The fraction of sp³-hybridized carbons (Fsp3) is 0.600. The van der Waals surface area contributed by atoms with E-state index in [9.17, 15) is 9.59 Å². The number of urea groups is 1. The second kappa shape index (κ2) is 6.24. The van der Waals surface area contributed by atoms with E-state index < -0.39 is 0 Å². The van der Waals surface area contributed by atoms with Crippen molar-refractivity contribution >= 4 is 11.9 Å². The molecule has 0 radical (unpaired) electrons. The van der Waals surface area contributed by atoms with E-state index in [1.807, 2.05) is 4.90 Å². The average Bonchev–Trinajstić information content (AvgIpc) is 2.56. The smallest absolute Gasteiger partial charge is 0.324 e. The molecule has 0 spiro atoms. The molecule has 1 heterocycles. The summed E-state index contributed by atoms with van der Waals surface area (Å²) in [4.78, 5) is 25.6. The highest BCUT2D eigenvalue weighted by molar-refractivity contribution is 6.01. The van der Waals surface area contributed by atoms with Crippen molar-refractivity contribution in [2.24, 2.45) is 0 Å². The first-order valence-electron chi connectivity index (χ1n) is 5.21. The highest BCUT2D eigenvalue weighted by Gasteiger charge is 2.28. The summed E-state index contributed by atoms with van der Waals surface area (Å²) >= 11 is 0. The molecule has 0 unspecified atom stereocenters. The van der Waals surface area contributed by atoms with Gasteiger partial charge in [0.25, 0.3) is 0 Å². The van der Waals surface area contributed by atoms with Crippen LogP contribution in [0.25, 0.3) is 0 Å². The zero-order valence-electron chi connectivity index (χ0n) is 9.19. The van der Waals surface area contributed by atoms with Gasteiger partial charge in [0.2, 0.25) is 5.91 Å². The molecule has 0 aromatic heterocycles. The third-order valence-electron chi connectivity index (χ3n) is 2.38. The average molecular weight is 227 g/mol. The number of hydrogen-bond donors (Lipinski definition) is 2. The Morgan fingerprint density at radius 2 is 2.25 bits per heavy atom. The first-order valence-corrected chi connectivity index (χ1v) is 5.21. The first kappa shape index (κ1) is 12.7. The molecule has 1 aliphatic heterocycles. The van der Waals surface area contributed by atoms with Crippen molar-refractivity contribution in [2.45, 2.75) is 0 Å². The van der Waals surface area contributed by atoms with E-state index in [4.69, 9.17) is 5.11 Å². The fourth-order valence-electron chi connectivity index (χ4n) is 1.54. The second-order valence-corrected chi connectivity index (χ2v) is 3.52. The van der Waals surface area contributed by atoms with Gasteiger partial charge in [0.15, 0.2) is 0 Å². The molecule has 3 amide bonds. The van der Waals surface area contributed by atoms with Crippen LogP contribution in [-0.2, 0) is 4.79 Å². The lowest BCUT2D eigenvalue weighted by Gasteiger charge is -2.21. The number of hydrogen-bond acceptors (Lipinski definition) is 4. The Hall–Kier alpha value is -1.40. The molecule has 2 N–H and O–H groups in total. The third-order valence-corrected chi connectivity index (χ3v) is 2.38. The van der Waals surface area contributed by atoms with Crippen molar-refractivity contribution < 1.29 is 14.7 Å². The molecule has 90 valence electrons. The molecule has 0 bridgehead atoms. The Balaban J connectivity index is 2.38. The predicted octanol–water partition coefficient (Wildman–Crippen LogP) is -0.981. The number of carbonyl (C=O) groups excluding carboxylic acids is 2. The molecule has 16 heavy (non-hydrogen) atoms. The molecule has 0 saturated carbocycles. The first-order chi connectivity index (χ1) is 7.69. The molecule has 1 aliphatic rings. The summed E-state index contributed by atoms with van der Waals surface area (Å²) in [6.07, 6.45) is 1.72. The maximum atomic E-state index is 11.3. The number of nitrogens with zero attached hydrogens (tertiary/aromatic N) is 2. The maximum absolute atomic E-state index is 11.3. The van der Waals surface area contributed by atoms with E-state index in [-0.39, 0.29) is 25.1 Å². The molecule has 0 aliphatic carbocycles. The van der Waals surface area contributed by atoms with Gasteiger partial charge in [-0.3, -0.25) is 14.6 Å². The molecular weight excluding hydrogens is 210 g/mol. The summed E-state index contributed by atoms with van der Waals surface area (Å²) in [5.74, 6) is -0.201. The summed E-state index contributed by atoms with van der Waals surface area (Å²) in [5.41, 5.74) is 0. The molecule has 0 aromatic rings. The Morgan fingerprint density at radius 1 is 1.50 bits per heavy atom. The van der Waals surface area contributed by atoms with Gasteiger partial charge in [-0.05, 0) is 0 Å². The van der Waals surface area contributed by atoms with Crippen LogP contribution in [0.2, 0.25) is 0 Å². The van der Waals surface area contributed by atoms with Crippen LogP contribution in [-0.4, -0.2) is 66.2 Å². The van der Waals surface area contributed by atoms with Crippen LogP contribution in [0.1, 0.15) is 0 Å². The normalized spacial score (nSPS) is 15.8. The Labute approximate surface area is 94.5 Å². The van der Waals surface area contributed by atoms with Crippen molar-refractivity contribution in [3.8, 4) is 0 Å². The second-order valence-electron chi connectivity index (χ2n) is 3.52. The summed E-state index contributed by atoms with van der Waals surface area (Å²) in [5, 5.41) is 11.3. The lowest BCUT2D eigenvalue weighted by molar-refractivity contribution is -0.125. The van der Waals surface area contributed by atoms with E-state index >= 15 is 0 Å². The Bertz CT molecular complexity index is 264. The third kappa shape index (κ3) is 3.32. The summed E-state index contributed by atoms with van der Waals surface area (Å²) in [6, 6.07) is -0.340. The highest BCUT2D eigenvalue weighted by Crippen LogP contribution is 1.99. The van der Waals surface area contributed by atoms with Gasteiger partial charge in [-0.1, -0.05) is 6.08 Å².